The Morgan fingerprint density at radius 1 is 1.25 bits per heavy atom. The SMILES string of the molecule is CCC1(CC)CNC(=O)N(c2ccc(F)cc2F)C1=O. The van der Waals surface area contributed by atoms with Gasteiger partial charge in [-0.25, -0.2) is 18.5 Å². The molecule has 0 atom stereocenters. The fourth-order valence-corrected chi connectivity index (χ4v) is 2.41. The van der Waals surface area contributed by atoms with Crippen LogP contribution >= 0.6 is 0 Å². The molecule has 1 fully saturated rings. The van der Waals surface area contributed by atoms with Crippen molar-refractivity contribution in [3.63, 3.8) is 0 Å². The molecule has 1 heterocycles. The van der Waals surface area contributed by atoms with Gasteiger partial charge in [-0.1, -0.05) is 13.8 Å². The molecular weight excluding hydrogens is 266 g/mol. The number of halogens is 2. The van der Waals surface area contributed by atoms with Crippen LogP contribution in [-0.2, 0) is 4.79 Å². The first-order valence-electron chi connectivity index (χ1n) is 6.52. The van der Waals surface area contributed by atoms with Gasteiger partial charge in [0.2, 0.25) is 5.91 Å². The molecule has 1 aromatic rings. The molecule has 1 N–H and O–H groups in total. The number of hydrogen-bond acceptors (Lipinski definition) is 2. The molecule has 0 aromatic heterocycles. The van der Waals surface area contributed by atoms with E-state index in [1.165, 1.54) is 0 Å². The molecular formula is C14H16F2N2O2. The van der Waals surface area contributed by atoms with Gasteiger partial charge in [0.25, 0.3) is 0 Å². The largest absolute Gasteiger partial charge is 0.336 e. The summed E-state index contributed by atoms with van der Waals surface area (Å²) >= 11 is 0. The zero-order valence-electron chi connectivity index (χ0n) is 11.4. The number of hydrogen-bond donors (Lipinski definition) is 1. The highest BCUT2D eigenvalue weighted by molar-refractivity contribution is 6.18. The third-order valence-corrected chi connectivity index (χ3v) is 3.94. The van der Waals surface area contributed by atoms with Crippen LogP contribution in [0.4, 0.5) is 19.3 Å². The van der Waals surface area contributed by atoms with Gasteiger partial charge in [-0.15, -0.1) is 0 Å². The zero-order chi connectivity index (χ0) is 14.9. The van der Waals surface area contributed by atoms with Gasteiger partial charge >= 0.3 is 6.03 Å². The maximum Gasteiger partial charge on any atom is 0.328 e. The molecule has 0 radical (unpaired) electrons. The van der Waals surface area contributed by atoms with Crippen LogP contribution in [0.3, 0.4) is 0 Å². The van der Waals surface area contributed by atoms with Crippen LogP contribution in [0, 0.1) is 17.0 Å². The normalized spacial score (nSPS) is 18.1. The number of anilines is 1. The average Bonchev–Trinajstić information content (AvgIpc) is 2.42. The van der Waals surface area contributed by atoms with Crippen LogP contribution in [0.1, 0.15) is 26.7 Å². The molecule has 1 aromatic carbocycles. The maximum atomic E-state index is 13.8. The lowest BCUT2D eigenvalue weighted by atomic mass is 9.79. The summed E-state index contributed by atoms with van der Waals surface area (Å²) in [4.78, 5) is 25.2. The summed E-state index contributed by atoms with van der Waals surface area (Å²) in [6.45, 7) is 3.92. The van der Waals surface area contributed by atoms with E-state index < -0.39 is 29.0 Å². The van der Waals surface area contributed by atoms with Gasteiger partial charge in [-0.05, 0) is 25.0 Å². The summed E-state index contributed by atoms with van der Waals surface area (Å²) < 4.78 is 26.8. The lowest BCUT2D eigenvalue weighted by Crippen LogP contribution is -2.60. The van der Waals surface area contributed by atoms with Crippen molar-refractivity contribution in [3.05, 3.63) is 29.8 Å². The highest BCUT2D eigenvalue weighted by Gasteiger charge is 2.45. The summed E-state index contributed by atoms with van der Waals surface area (Å²) in [5, 5.41) is 2.60. The second-order valence-electron chi connectivity index (χ2n) is 4.88. The van der Waals surface area contributed by atoms with Crippen molar-refractivity contribution in [1.82, 2.24) is 5.32 Å². The molecule has 108 valence electrons. The summed E-state index contributed by atoms with van der Waals surface area (Å²) in [5.74, 6) is -2.14. The Labute approximate surface area is 115 Å². The number of carbonyl (C=O) groups is 2. The van der Waals surface area contributed by atoms with E-state index in [9.17, 15) is 18.4 Å². The molecule has 1 aliphatic rings. The molecule has 1 saturated heterocycles. The second-order valence-corrected chi connectivity index (χ2v) is 4.88. The Kier molecular flexibility index (Phi) is 3.74. The van der Waals surface area contributed by atoms with E-state index in [-0.39, 0.29) is 12.2 Å². The first kappa shape index (κ1) is 14.4. The summed E-state index contributed by atoms with van der Waals surface area (Å²) in [6.07, 6.45) is 1.06. The molecule has 0 bridgehead atoms. The highest BCUT2D eigenvalue weighted by atomic mass is 19.1. The predicted octanol–water partition coefficient (Wildman–Crippen LogP) is 2.83. The van der Waals surface area contributed by atoms with E-state index in [4.69, 9.17) is 0 Å². The molecule has 2 rings (SSSR count). The maximum absolute atomic E-state index is 13.8. The Morgan fingerprint density at radius 2 is 1.90 bits per heavy atom. The number of amides is 3. The second kappa shape index (κ2) is 5.19. The standard InChI is InChI=1S/C14H16F2N2O2/c1-3-14(4-2)8-17-13(20)18(12(14)19)11-6-5-9(15)7-10(11)16/h5-7H,3-4,8H2,1-2H3,(H,17,20). The zero-order valence-corrected chi connectivity index (χ0v) is 11.4. The minimum Gasteiger partial charge on any atom is -0.336 e. The first-order valence-corrected chi connectivity index (χ1v) is 6.52. The molecule has 0 spiro atoms. The van der Waals surface area contributed by atoms with E-state index in [0.717, 1.165) is 17.0 Å². The number of carbonyl (C=O) groups excluding carboxylic acids is 2. The topological polar surface area (TPSA) is 49.4 Å². The molecule has 0 unspecified atom stereocenters. The van der Waals surface area contributed by atoms with Crippen molar-refractivity contribution in [2.75, 3.05) is 11.4 Å². The molecule has 6 heteroatoms. The summed E-state index contributed by atoms with van der Waals surface area (Å²) in [7, 11) is 0. The Bertz CT molecular complexity index is 556. The van der Waals surface area contributed by atoms with Gasteiger partial charge in [0, 0.05) is 12.6 Å². The molecule has 4 nitrogen and oxygen atoms in total. The van der Waals surface area contributed by atoms with E-state index in [2.05, 4.69) is 5.32 Å². The van der Waals surface area contributed by atoms with Gasteiger partial charge in [-0.2, -0.15) is 0 Å². The number of benzene rings is 1. The van der Waals surface area contributed by atoms with Crippen molar-refractivity contribution < 1.29 is 18.4 Å². The van der Waals surface area contributed by atoms with Crippen LogP contribution in [0.5, 0.6) is 0 Å². The van der Waals surface area contributed by atoms with Gasteiger partial charge < -0.3 is 5.32 Å². The van der Waals surface area contributed by atoms with Gasteiger partial charge in [0.1, 0.15) is 11.6 Å². The van der Waals surface area contributed by atoms with Crippen molar-refractivity contribution in [1.29, 1.82) is 0 Å². The number of nitrogens with one attached hydrogen (secondary N) is 1. The summed E-state index contributed by atoms with van der Waals surface area (Å²) in [5.41, 5.74) is -0.964. The fraction of sp³-hybridized carbons (Fsp3) is 0.429. The predicted molar refractivity (Wildman–Crippen MR) is 70.3 cm³/mol. The van der Waals surface area contributed by atoms with Crippen LogP contribution in [0.15, 0.2) is 18.2 Å². The molecule has 1 aliphatic heterocycles. The van der Waals surface area contributed by atoms with E-state index in [0.29, 0.717) is 18.9 Å². The van der Waals surface area contributed by atoms with Gasteiger partial charge in [-0.3, -0.25) is 4.79 Å². The van der Waals surface area contributed by atoms with E-state index >= 15 is 0 Å². The molecule has 3 amide bonds. The van der Waals surface area contributed by atoms with Crippen molar-refractivity contribution >= 4 is 17.6 Å². The third-order valence-electron chi connectivity index (χ3n) is 3.94. The van der Waals surface area contributed by atoms with Gasteiger partial charge in [0.05, 0.1) is 11.1 Å². The molecule has 20 heavy (non-hydrogen) atoms. The molecule has 0 aliphatic carbocycles. The minimum absolute atomic E-state index is 0.222. The Hall–Kier alpha value is -1.98. The van der Waals surface area contributed by atoms with Crippen molar-refractivity contribution in [2.24, 2.45) is 5.41 Å². The van der Waals surface area contributed by atoms with Crippen molar-refractivity contribution in [2.45, 2.75) is 26.7 Å². The van der Waals surface area contributed by atoms with Crippen molar-refractivity contribution in [3.8, 4) is 0 Å². The van der Waals surface area contributed by atoms with E-state index in [1.54, 1.807) is 0 Å². The number of imide groups is 1. The van der Waals surface area contributed by atoms with Crippen LogP contribution in [-0.4, -0.2) is 18.5 Å². The Morgan fingerprint density at radius 3 is 2.45 bits per heavy atom. The fourth-order valence-electron chi connectivity index (χ4n) is 2.41. The van der Waals surface area contributed by atoms with Gasteiger partial charge in [0.15, 0.2) is 0 Å². The minimum atomic E-state index is -0.934. The first-order chi connectivity index (χ1) is 9.45. The third kappa shape index (κ3) is 2.15. The lowest BCUT2D eigenvalue weighted by molar-refractivity contribution is -0.128. The summed E-state index contributed by atoms with van der Waals surface area (Å²) in [6, 6.07) is 2.10. The average molecular weight is 282 g/mol. The monoisotopic (exact) mass is 282 g/mol. The quantitative estimate of drug-likeness (QED) is 0.926. The smallest absolute Gasteiger partial charge is 0.328 e. The number of nitrogens with zero attached hydrogens (tertiary/aromatic N) is 1. The van der Waals surface area contributed by atoms with E-state index in [1.807, 2.05) is 13.8 Å². The number of rotatable bonds is 3. The number of urea groups is 1. The Balaban J connectivity index is 2.47. The van der Waals surface area contributed by atoms with Crippen LogP contribution < -0.4 is 10.2 Å². The lowest BCUT2D eigenvalue weighted by Gasteiger charge is -2.39. The van der Waals surface area contributed by atoms with Crippen LogP contribution in [0.2, 0.25) is 0 Å². The van der Waals surface area contributed by atoms with Crippen LogP contribution in [0.25, 0.3) is 0 Å². The molecule has 0 saturated carbocycles. The highest BCUT2D eigenvalue weighted by Crippen LogP contribution is 2.34.